The molecule has 12 nitrogen and oxygen atoms in total. The molecule has 5 rings (SSSR count). The lowest BCUT2D eigenvalue weighted by Gasteiger charge is -2.40. The van der Waals surface area contributed by atoms with Crippen molar-refractivity contribution in [3.05, 3.63) is 66.0 Å². The van der Waals surface area contributed by atoms with Crippen LogP contribution in [0.4, 0.5) is 10.6 Å². The third-order valence-electron chi connectivity index (χ3n) is 8.43. The number of fused-ring (bicyclic) bond motifs is 1. The van der Waals surface area contributed by atoms with Crippen molar-refractivity contribution in [1.82, 2.24) is 30.1 Å². The van der Waals surface area contributed by atoms with E-state index in [2.05, 4.69) is 54.6 Å². The maximum atomic E-state index is 12.2. The minimum Gasteiger partial charge on any atom is -0.497 e. The number of nitrogens with one attached hydrogen (secondary N) is 1. The predicted molar refractivity (Wildman–Crippen MR) is 183 cm³/mol. The molecule has 3 heterocycles. The molecular formula is C34H47N7O5Si. The maximum absolute atomic E-state index is 12.2. The van der Waals surface area contributed by atoms with Crippen molar-refractivity contribution in [2.45, 2.75) is 84.0 Å². The van der Waals surface area contributed by atoms with Gasteiger partial charge < -0.3 is 28.9 Å². The summed E-state index contributed by atoms with van der Waals surface area (Å²) in [7, 11) is -0.557. The Morgan fingerprint density at radius 1 is 1.00 bits per heavy atom. The first-order valence-electron chi connectivity index (χ1n) is 15.9. The lowest BCUT2D eigenvalue weighted by Crippen LogP contribution is -2.58. The van der Waals surface area contributed by atoms with Gasteiger partial charge in [-0.15, -0.1) is 10.2 Å². The molecule has 2 aromatic heterocycles. The van der Waals surface area contributed by atoms with Crippen LogP contribution < -0.4 is 14.8 Å². The molecule has 4 aromatic rings. The van der Waals surface area contributed by atoms with E-state index in [4.69, 9.17) is 23.6 Å². The first-order valence-corrected chi connectivity index (χ1v) is 18.9. The zero-order valence-corrected chi connectivity index (χ0v) is 29.9. The molecule has 0 radical (unpaired) electrons. The molecule has 1 amide bonds. The molecule has 0 saturated carbocycles. The number of tetrazole rings is 1. The van der Waals surface area contributed by atoms with Gasteiger partial charge in [-0.05, 0) is 92.1 Å². The lowest BCUT2D eigenvalue weighted by molar-refractivity contribution is 0.0104. The summed E-state index contributed by atoms with van der Waals surface area (Å²) in [6.07, 6.45) is -0.788. The van der Waals surface area contributed by atoms with Gasteiger partial charge in [0.1, 0.15) is 35.6 Å². The van der Waals surface area contributed by atoms with Gasteiger partial charge in [0.15, 0.2) is 8.32 Å². The fourth-order valence-corrected chi connectivity index (χ4v) is 5.98. The van der Waals surface area contributed by atoms with E-state index in [0.29, 0.717) is 31.2 Å². The predicted octanol–water partition coefficient (Wildman–Crippen LogP) is 6.45. The number of carbonyl (C=O) groups excluding carboxylic acids is 1. The number of hydrogen-bond donors (Lipinski definition) is 1. The highest BCUT2D eigenvalue weighted by atomic mass is 28.4. The number of aromatic nitrogens is 5. The highest BCUT2D eigenvalue weighted by Gasteiger charge is 2.41. The second kappa shape index (κ2) is 13.5. The van der Waals surface area contributed by atoms with Crippen molar-refractivity contribution in [1.29, 1.82) is 0 Å². The van der Waals surface area contributed by atoms with E-state index in [9.17, 15) is 4.79 Å². The molecule has 13 heteroatoms. The number of methoxy groups -OCH3 is 1. The molecule has 0 spiro atoms. The second-order valence-corrected chi connectivity index (χ2v) is 19.2. The van der Waals surface area contributed by atoms with Crippen molar-refractivity contribution in [3.63, 3.8) is 0 Å². The largest absolute Gasteiger partial charge is 0.497 e. The molecule has 1 N–H and O–H groups in total. The third-order valence-corrected chi connectivity index (χ3v) is 12.9. The van der Waals surface area contributed by atoms with Crippen molar-refractivity contribution in [3.8, 4) is 11.5 Å². The van der Waals surface area contributed by atoms with Gasteiger partial charge in [-0.25, -0.2) is 9.78 Å². The van der Waals surface area contributed by atoms with Crippen LogP contribution in [0.2, 0.25) is 18.1 Å². The topological polar surface area (TPSA) is 126 Å². The molecule has 1 aliphatic rings. The summed E-state index contributed by atoms with van der Waals surface area (Å²) in [6.45, 7) is 18.5. The van der Waals surface area contributed by atoms with Crippen molar-refractivity contribution in [2.24, 2.45) is 0 Å². The minimum absolute atomic E-state index is 0.0157. The average Bonchev–Trinajstić information content (AvgIpc) is 3.44. The Morgan fingerprint density at radius 2 is 1.70 bits per heavy atom. The number of amides is 1. The minimum atomic E-state index is -2.20. The fraction of sp³-hybridized carbons (Fsp3) is 0.500. The van der Waals surface area contributed by atoms with Gasteiger partial charge in [0.2, 0.25) is 5.82 Å². The van der Waals surface area contributed by atoms with Gasteiger partial charge in [-0.3, -0.25) is 0 Å². The summed E-state index contributed by atoms with van der Waals surface area (Å²) in [6, 6.07) is 17.7. The summed E-state index contributed by atoms with van der Waals surface area (Å²) < 4.78 is 23.8. The molecular weight excluding hydrogens is 615 g/mol. The van der Waals surface area contributed by atoms with Crippen LogP contribution in [0.5, 0.6) is 11.5 Å². The monoisotopic (exact) mass is 661 g/mol. The Morgan fingerprint density at radius 3 is 2.36 bits per heavy atom. The number of carbonyl (C=O) groups is 1. The van der Waals surface area contributed by atoms with E-state index in [1.807, 2.05) is 75.4 Å². The average molecular weight is 662 g/mol. The first-order chi connectivity index (χ1) is 22.1. The number of rotatable bonds is 11. The number of benzene rings is 2. The lowest BCUT2D eigenvalue weighted by atomic mass is 10.1. The SMILES string of the molecule is COc1ccc(Cn2nnc(C(COc3ccc4nc(NC5CN(C(=O)OC(C)(C)C)C5)ccc4c3)O[Si](C)(C)C(C)(C)C)n2)cc1. The Bertz CT molecular complexity index is 1670. The molecule has 1 atom stereocenters. The zero-order chi connectivity index (χ0) is 34.0. The number of hydrogen-bond acceptors (Lipinski definition) is 10. The molecule has 0 bridgehead atoms. The zero-order valence-electron chi connectivity index (χ0n) is 28.9. The molecule has 1 fully saturated rings. The molecule has 47 heavy (non-hydrogen) atoms. The van der Waals surface area contributed by atoms with E-state index in [1.165, 1.54) is 0 Å². The van der Waals surface area contributed by atoms with Crippen LogP contribution in [0.25, 0.3) is 10.9 Å². The van der Waals surface area contributed by atoms with Crippen LogP contribution in [0, 0.1) is 0 Å². The highest BCUT2D eigenvalue weighted by molar-refractivity contribution is 6.74. The van der Waals surface area contributed by atoms with Gasteiger partial charge in [0.05, 0.1) is 25.2 Å². The Hall–Kier alpha value is -4.23. The summed E-state index contributed by atoms with van der Waals surface area (Å²) in [4.78, 5) is 20.3. The van der Waals surface area contributed by atoms with E-state index < -0.39 is 20.0 Å². The third kappa shape index (κ3) is 8.77. The van der Waals surface area contributed by atoms with E-state index >= 15 is 0 Å². The smallest absolute Gasteiger partial charge is 0.410 e. The molecule has 1 unspecified atom stereocenters. The number of likely N-dealkylation sites (tertiary alicyclic amines) is 1. The van der Waals surface area contributed by atoms with E-state index in [-0.39, 0.29) is 23.8 Å². The van der Waals surface area contributed by atoms with E-state index in [0.717, 1.165) is 28.0 Å². The fourth-order valence-electron chi connectivity index (χ4n) is 4.74. The van der Waals surface area contributed by atoms with Crippen LogP contribution in [-0.2, 0) is 15.7 Å². The van der Waals surface area contributed by atoms with Crippen LogP contribution in [-0.4, -0.2) is 83.0 Å². The van der Waals surface area contributed by atoms with Crippen molar-refractivity contribution >= 4 is 31.1 Å². The van der Waals surface area contributed by atoms with Crippen LogP contribution in [0.15, 0.2) is 54.6 Å². The second-order valence-electron chi connectivity index (χ2n) is 14.5. The first kappa shape index (κ1) is 34.1. The highest BCUT2D eigenvalue weighted by Crippen LogP contribution is 2.39. The van der Waals surface area contributed by atoms with Crippen molar-refractivity contribution in [2.75, 3.05) is 32.1 Å². The summed E-state index contributed by atoms with van der Waals surface area (Å²) in [5, 5.41) is 17.7. The number of anilines is 1. The van der Waals surface area contributed by atoms with Gasteiger partial charge in [-0.1, -0.05) is 32.9 Å². The Kier molecular flexibility index (Phi) is 9.78. The maximum Gasteiger partial charge on any atom is 0.410 e. The Balaban J connectivity index is 1.23. The van der Waals surface area contributed by atoms with Crippen LogP contribution in [0.3, 0.4) is 0 Å². The van der Waals surface area contributed by atoms with E-state index in [1.54, 1.807) is 16.8 Å². The molecule has 1 saturated heterocycles. The van der Waals surface area contributed by atoms with Gasteiger partial charge in [-0.2, -0.15) is 4.80 Å². The Labute approximate surface area is 277 Å². The summed E-state index contributed by atoms with van der Waals surface area (Å²) >= 11 is 0. The van der Waals surface area contributed by atoms with Crippen LogP contribution in [0.1, 0.15) is 59.0 Å². The molecule has 2 aromatic carbocycles. The molecule has 252 valence electrons. The van der Waals surface area contributed by atoms with Crippen LogP contribution >= 0.6 is 0 Å². The van der Waals surface area contributed by atoms with Gasteiger partial charge >= 0.3 is 6.09 Å². The van der Waals surface area contributed by atoms with Gasteiger partial charge in [0, 0.05) is 18.5 Å². The normalized spacial score (nSPS) is 14.9. The number of nitrogens with zero attached hydrogens (tertiary/aromatic N) is 6. The van der Waals surface area contributed by atoms with Crippen molar-refractivity contribution < 1.29 is 23.4 Å². The molecule has 1 aliphatic heterocycles. The quantitative estimate of drug-likeness (QED) is 0.179. The summed E-state index contributed by atoms with van der Waals surface area (Å²) in [5.41, 5.74) is 1.36. The van der Waals surface area contributed by atoms with Gasteiger partial charge in [0.25, 0.3) is 0 Å². The molecule has 0 aliphatic carbocycles. The number of pyridine rings is 1. The summed E-state index contributed by atoms with van der Waals surface area (Å²) in [5.74, 6) is 2.74. The number of ether oxygens (including phenoxy) is 3. The standard InChI is InChI=1S/C34H47N7O5Si/c1-33(2,3)45-32(42)40-20-25(21-40)35-30-17-12-24-18-27(15-16-28(24)36-30)44-22-29(46-47(8,9)34(4,5)6)31-37-39-41(38-31)19-23-10-13-26(43-7)14-11-23/h10-18,25,29H,19-22H2,1-9H3,(H,35,36).